The van der Waals surface area contributed by atoms with Crippen LogP contribution in [-0.2, 0) is 0 Å². The Morgan fingerprint density at radius 2 is 0.625 bits per heavy atom. The second-order valence-corrected chi connectivity index (χ2v) is 16.7. The van der Waals surface area contributed by atoms with E-state index in [9.17, 15) is 0 Å². The monoisotopic (exact) mass is 434 g/mol. The fourth-order valence-corrected chi connectivity index (χ4v) is 5.11. The lowest BCUT2D eigenvalue weighted by molar-refractivity contribution is 0.529. The molecule has 0 amide bonds. The van der Waals surface area contributed by atoms with Gasteiger partial charge in [-0.3, -0.25) is 0 Å². The minimum Gasteiger partial charge on any atom is -0.127 e. The standard InChI is InChI=1S/C19H38Cl4Si/c20-18-16-14-12-10-8-6-4-2-1-3-5-7-9-11-13-15-17-19-24(21,22)23/h1-19H2. The Kier molecular flexibility index (Phi) is 20.2. The van der Waals surface area contributed by atoms with E-state index in [2.05, 4.69) is 0 Å². The minimum atomic E-state index is -2.36. The van der Waals surface area contributed by atoms with Gasteiger partial charge in [0.1, 0.15) is 0 Å². The van der Waals surface area contributed by atoms with Gasteiger partial charge < -0.3 is 0 Å². The van der Waals surface area contributed by atoms with Crippen LogP contribution in [0.2, 0.25) is 6.04 Å². The topological polar surface area (TPSA) is 0 Å². The van der Waals surface area contributed by atoms with Gasteiger partial charge in [-0.05, 0) is 12.5 Å². The van der Waals surface area contributed by atoms with Crippen LogP contribution in [0.5, 0.6) is 0 Å². The molecule has 0 unspecified atom stereocenters. The molecule has 0 saturated heterocycles. The lowest BCUT2D eigenvalue weighted by Crippen LogP contribution is -2.07. The van der Waals surface area contributed by atoms with Crippen LogP contribution < -0.4 is 0 Å². The molecule has 0 fully saturated rings. The molecule has 0 atom stereocenters. The predicted molar refractivity (Wildman–Crippen MR) is 117 cm³/mol. The molecule has 0 saturated carbocycles. The maximum atomic E-state index is 5.88. The molecule has 0 nitrogen and oxygen atoms in total. The van der Waals surface area contributed by atoms with E-state index in [-0.39, 0.29) is 0 Å². The lowest BCUT2D eigenvalue weighted by Gasteiger charge is -2.07. The summed E-state index contributed by atoms with van der Waals surface area (Å²) in [5.41, 5.74) is 0. The maximum absolute atomic E-state index is 5.88. The molecule has 0 aliphatic carbocycles. The average Bonchev–Trinajstić information content (AvgIpc) is 2.52. The van der Waals surface area contributed by atoms with Gasteiger partial charge in [0.2, 0.25) is 0 Å². The van der Waals surface area contributed by atoms with Crippen molar-refractivity contribution in [2.24, 2.45) is 0 Å². The normalized spacial score (nSPS) is 12.0. The Morgan fingerprint density at radius 1 is 0.375 bits per heavy atom. The largest absolute Gasteiger partial charge is 0.341 e. The zero-order valence-corrected chi connectivity index (χ0v) is 19.5. The van der Waals surface area contributed by atoms with Crippen LogP contribution in [0.3, 0.4) is 0 Å². The van der Waals surface area contributed by atoms with Crippen LogP contribution >= 0.6 is 44.8 Å². The van der Waals surface area contributed by atoms with Crippen molar-refractivity contribution in [1.29, 1.82) is 0 Å². The molecule has 0 N–H and O–H groups in total. The molecule has 0 aromatic rings. The van der Waals surface area contributed by atoms with Gasteiger partial charge in [-0.1, -0.05) is 103 Å². The number of hydrogen-bond donors (Lipinski definition) is 0. The van der Waals surface area contributed by atoms with E-state index in [1.54, 1.807) is 0 Å². The molecule has 0 radical (unpaired) electrons. The van der Waals surface area contributed by atoms with Crippen LogP contribution in [0, 0.1) is 0 Å². The number of alkyl halides is 1. The smallest absolute Gasteiger partial charge is 0.127 e. The summed E-state index contributed by atoms with van der Waals surface area (Å²) in [5, 5.41) is 0. The molecule has 0 aliphatic rings. The van der Waals surface area contributed by atoms with Gasteiger partial charge in [-0.15, -0.1) is 44.8 Å². The van der Waals surface area contributed by atoms with Crippen molar-refractivity contribution < 1.29 is 0 Å². The summed E-state index contributed by atoms with van der Waals surface area (Å²) >= 11 is 23.3. The summed E-state index contributed by atoms with van der Waals surface area (Å²) in [6.45, 7) is 0. The summed E-state index contributed by atoms with van der Waals surface area (Å²) in [5.74, 6) is 0.831. The van der Waals surface area contributed by atoms with Gasteiger partial charge in [-0.25, -0.2) is 0 Å². The summed E-state index contributed by atoms with van der Waals surface area (Å²) in [6, 6.07) is -1.53. The van der Waals surface area contributed by atoms with Crippen molar-refractivity contribution >= 4 is 50.8 Å². The van der Waals surface area contributed by atoms with Gasteiger partial charge in [0.25, 0.3) is 0 Å². The summed E-state index contributed by atoms with van der Waals surface area (Å²) in [6.07, 6.45) is 23.0. The maximum Gasteiger partial charge on any atom is 0.341 e. The molecule has 0 aromatic heterocycles. The SMILES string of the molecule is ClCCCCCCCCCCCCCCCCCCC[Si](Cl)(Cl)Cl. The molecule has 0 bridgehead atoms. The fourth-order valence-electron chi connectivity index (χ4n) is 3.07. The first-order valence-electron chi connectivity index (χ1n) is 10.2. The number of hydrogen-bond acceptors (Lipinski definition) is 0. The molecular weight excluding hydrogens is 398 g/mol. The van der Waals surface area contributed by atoms with E-state index >= 15 is 0 Å². The van der Waals surface area contributed by atoms with Crippen molar-refractivity contribution in [2.75, 3.05) is 5.88 Å². The van der Waals surface area contributed by atoms with Crippen LogP contribution in [-0.4, -0.2) is 11.9 Å². The Hall–Kier alpha value is 1.38. The highest BCUT2D eigenvalue weighted by molar-refractivity contribution is 7.64. The first-order valence-corrected chi connectivity index (χ1v) is 16.0. The lowest BCUT2D eigenvalue weighted by atomic mass is 10.0. The van der Waals surface area contributed by atoms with Gasteiger partial charge in [0.05, 0.1) is 0 Å². The third kappa shape index (κ3) is 23.4. The zero-order valence-electron chi connectivity index (χ0n) is 15.4. The van der Waals surface area contributed by atoms with Crippen molar-refractivity contribution in [3.63, 3.8) is 0 Å². The minimum absolute atomic E-state index is 0.824. The van der Waals surface area contributed by atoms with E-state index in [1.807, 2.05) is 0 Å². The van der Waals surface area contributed by atoms with E-state index in [1.165, 1.54) is 103 Å². The third-order valence-electron chi connectivity index (χ3n) is 4.59. The van der Waals surface area contributed by atoms with Crippen molar-refractivity contribution in [2.45, 2.75) is 115 Å². The summed E-state index contributed by atoms with van der Waals surface area (Å²) in [7, 11) is 0. The zero-order chi connectivity index (χ0) is 17.9. The highest BCUT2D eigenvalue weighted by Gasteiger charge is 2.23. The first kappa shape index (κ1) is 25.4. The molecule has 0 heterocycles. The number of unbranched alkanes of at least 4 members (excludes halogenated alkanes) is 16. The van der Waals surface area contributed by atoms with Crippen LogP contribution in [0.15, 0.2) is 0 Å². The Balaban J connectivity index is 3.00. The molecule has 0 spiro atoms. The van der Waals surface area contributed by atoms with E-state index in [0.717, 1.165) is 18.3 Å². The Bertz CT molecular complexity index is 244. The molecule has 0 rings (SSSR count). The first-order chi connectivity index (χ1) is 11.6. The van der Waals surface area contributed by atoms with E-state index < -0.39 is 6.00 Å². The van der Waals surface area contributed by atoms with Gasteiger partial charge in [-0.2, -0.15) is 0 Å². The van der Waals surface area contributed by atoms with Crippen LogP contribution in [0.4, 0.5) is 0 Å². The molecule has 146 valence electrons. The molecule has 0 aromatic carbocycles. The Labute approximate surface area is 171 Å². The predicted octanol–water partition coefficient (Wildman–Crippen LogP) is 9.51. The van der Waals surface area contributed by atoms with Crippen LogP contribution in [0.1, 0.15) is 109 Å². The number of halogens is 4. The molecular formula is C19H38Cl4Si. The van der Waals surface area contributed by atoms with Crippen molar-refractivity contribution in [1.82, 2.24) is 0 Å². The van der Waals surface area contributed by atoms with Crippen LogP contribution in [0.25, 0.3) is 0 Å². The average molecular weight is 436 g/mol. The van der Waals surface area contributed by atoms with Gasteiger partial charge in [0.15, 0.2) is 0 Å². The summed E-state index contributed by atoms with van der Waals surface area (Å²) in [4.78, 5) is 0. The second-order valence-electron chi connectivity index (χ2n) is 7.06. The summed E-state index contributed by atoms with van der Waals surface area (Å²) < 4.78 is 0. The molecule has 24 heavy (non-hydrogen) atoms. The molecule has 0 aliphatic heterocycles. The van der Waals surface area contributed by atoms with E-state index in [4.69, 9.17) is 44.8 Å². The Morgan fingerprint density at radius 3 is 0.875 bits per heavy atom. The highest BCUT2D eigenvalue weighted by atomic mass is 35.8. The fraction of sp³-hybridized carbons (Fsp3) is 1.00. The van der Waals surface area contributed by atoms with E-state index in [0.29, 0.717) is 0 Å². The van der Waals surface area contributed by atoms with Crippen molar-refractivity contribution in [3.05, 3.63) is 0 Å². The van der Waals surface area contributed by atoms with Gasteiger partial charge in [0, 0.05) is 5.88 Å². The molecule has 5 heteroatoms. The third-order valence-corrected chi connectivity index (χ3v) is 7.48. The van der Waals surface area contributed by atoms with Crippen molar-refractivity contribution in [3.8, 4) is 0 Å². The second kappa shape index (κ2) is 19.1. The highest BCUT2D eigenvalue weighted by Crippen LogP contribution is 2.27. The quantitative estimate of drug-likeness (QED) is 0.0818. The van der Waals surface area contributed by atoms with Gasteiger partial charge >= 0.3 is 6.00 Å². The number of rotatable bonds is 19.